The van der Waals surface area contributed by atoms with Crippen molar-refractivity contribution in [3.05, 3.63) is 76.4 Å². The van der Waals surface area contributed by atoms with Gasteiger partial charge in [0, 0.05) is 12.5 Å². The van der Waals surface area contributed by atoms with Crippen molar-refractivity contribution in [3.63, 3.8) is 0 Å². The van der Waals surface area contributed by atoms with E-state index in [1.807, 2.05) is 42.5 Å². The monoisotopic (exact) mass is 435 g/mol. The average Bonchev–Trinajstić information content (AvgIpc) is 3.10. The molecule has 0 aromatic heterocycles. The quantitative estimate of drug-likeness (QED) is 0.314. The molecule has 0 unspecified atom stereocenters. The Morgan fingerprint density at radius 3 is 2.71 bits per heavy atom. The maximum Gasteiger partial charge on any atom is 0.363 e. The molecule has 4 rings (SSSR count). The molecular formula is C24H18ClNO5. The Morgan fingerprint density at radius 1 is 1.16 bits per heavy atom. The molecule has 0 radical (unpaired) electrons. The number of carbonyl (C=O) groups excluding carboxylic acids is 2. The van der Waals surface area contributed by atoms with Crippen LogP contribution in [-0.2, 0) is 14.3 Å². The number of halogens is 1. The molecule has 3 aromatic rings. The van der Waals surface area contributed by atoms with Crippen molar-refractivity contribution < 1.29 is 23.8 Å². The lowest BCUT2D eigenvalue weighted by Crippen LogP contribution is -2.06. The smallest absolute Gasteiger partial charge is 0.363 e. The Morgan fingerprint density at radius 2 is 1.94 bits per heavy atom. The molecular weight excluding hydrogens is 418 g/mol. The molecule has 0 bridgehead atoms. The largest absolute Gasteiger partial charge is 0.490 e. The minimum absolute atomic E-state index is 0.127. The summed E-state index contributed by atoms with van der Waals surface area (Å²) in [5, 5.41) is 2.13. The first-order valence-electron chi connectivity index (χ1n) is 9.61. The highest BCUT2D eigenvalue weighted by Crippen LogP contribution is 2.38. The molecule has 156 valence electrons. The van der Waals surface area contributed by atoms with E-state index in [1.165, 1.54) is 6.92 Å². The Labute approximate surface area is 183 Å². The first-order chi connectivity index (χ1) is 15.0. The molecule has 0 aliphatic carbocycles. The van der Waals surface area contributed by atoms with Gasteiger partial charge in [-0.3, -0.25) is 4.79 Å². The lowest BCUT2D eigenvalue weighted by molar-refractivity contribution is -0.132. The highest BCUT2D eigenvalue weighted by molar-refractivity contribution is 6.32. The van der Waals surface area contributed by atoms with E-state index in [0.717, 1.165) is 16.3 Å². The minimum atomic E-state index is -0.568. The van der Waals surface area contributed by atoms with Gasteiger partial charge in [-0.2, -0.15) is 0 Å². The molecule has 0 saturated heterocycles. The van der Waals surface area contributed by atoms with E-state index in [2.05, 4.69) is 4.99 Å². The first-order valence-corrected chi connectivity index (χ1v) is 9.99. The maximum atomic E-state index is 12.5. The summed E-state index contributed by atoms with van der Waals surface area (Å²) < 4.78 is 16.1. The molecule has 0 spiro atoms. The van der Waals surface area contributed by atoms with E-state index in [9.17, 15) is 9.59 Å². The fourth-order valence-corrected chi connectivity index (χ4v) is 3.53. The summed E-state index contributed by atoms with van der Waals surface area (Å²) in [6.07, 6.45) is 1.55. The van der Waals surface area contributed by atoms with Crippen LogP contribution in [0.1, 0.15) is 25.0 Å². The van der Waals surface area contributed by atoms with E-state index >= 15 is 0 Å². The molecule has 3 aromatic carbocycles. The Hall–Kier alpha value is -3.64. The number of aliphatic imine (C=N–C) groups is 1. The summed E-state index contributed by atoms with van der Waals surface area (Å²) in [7, 11) is 0. The average molecular weight is 436 g/mol. The van der Waals surface area contributed by atoms with E-state index in [1.54, 1.807) is 25.1 Å². The van der Waals surface area contributed by atoms with Crippen LogP contribution in [0.25, 0.3) is 16.8 Å². The summed E-state index contributed by atoms with van der Waals surface area (Å²) in [5.74, 6) is -0.423. The third-order valence-electron chi connectivity index (χ3n) is 4.52. The van der Waals surface area contributed by atoms with Crippen LogP contribution < -0.4 is 9.47 Å². The van der Waals surface area contributed by atoms with Gasteiger partial charge in [-0.1, -0.05) is 48.0 Å². The number of nitrogens with zero attached hydrogens (tertiary/aromatic N) is 1. The number of hydrogen-bond acceptors (Lipinski definition) is 6. The predicted molar refractivity (Wildman–Crippen MR) is 118 cm³/mol. The molecule has 0 N–H and O–H groups in total. The van der Waals surface area contributed by atoms with Crippen molar-refractivity contribution in [2.24, 2.45) is 4.99 Å². The van der Waals surface area contributed by atoms with Gasteiger partial charge in [-0.25, -0.2) is 9.79 Å². The van der Waals surface area contributed by atoms with Crippen molar-refractivity contribution >= 4 is 46.3 Å². The summed E-state index contributed by atoms with van der Waals surface area (Å²) in [4.78, 5) is 28.2. The molecule has 0 fully saturated rings. The highest BCUT2D eigenvalue weighted by atomic mass is 35.5. The molecule has 0 saturated carbocycles. The Balaban J connectivity index is 1.74. The second-order valence-corrected chi connectivity index (χ2v) is 7.13. The number of carbonyl (C=O) groups is 2. The van der Waals surface area contributed by atoms with E-state index in [4.69, 9.17) is 25.8 Å². The lowest BCUT2D eigenvalue weighted by atomic mass is 10.0. The number of esters is 2. The highest BCUT2D eigenvalue weighted by Gasteiger charge is 2.25. The van der Waals surface area contributed by atoms with Gasteiger partial charge in [0.2, 0.25) is 5.90 Å². The topological polar surface area (TPSA) is 74.2 Å². The summed E-state index contributed by atoms with van der Waals surface area (Å²) in [6, 6.07) is 16.7. The fraction of sp³-hybridized carbons (Fsp3) is 0.125. The van der Waals surface area contributed by atoms with Crippen molar-refractivity contribution in [2.75, 3.05) is 6.61 Å². The number of cyclic esters (lactones) is 1. The second kappa shape index (κ2) is 8.62. The number of rotatable bonds is 5. The minimum Gasteiger partial charge on any atom is -0.490 e. The van der Waals surface area contributed by atoms with Gasteiger partial charge in [0.05, 0.1) is 11.6 Å². The van der Waals surface area contributed by atoms with Gasteiger partial charge in [-0.05, 0) is 47.5 Å². The van der Waals surface area contributed by atoms with Crippen LogP contribution in [0.3, 0.4) is 0 Å². The van der Waals surface area contributed by atoms with Gasteiger partial charge in [0.25, 0.3) is 0 Å². The second-order valence-electron chi connectivity index (χ2n) is 6.72. The zero-order chi connectivity index (χ0) is 22.0. The molecule has 7 heteroatoms. The third-order valence-corrected chi connectivity index (χ3v) is 4.80. The van der Waals surface area contributed by atoms with Crippen LogP contribution in [0, 0.1) is 0 Å². The van der Waals surface area contributed by atoms with Crippen LogP contribution in [-0.4, -0.2) is 24.4 Å². The van der Waals surface area contributed by atoms with Crippen molar-refractivity contribution in [2.45, 2.75) is 13.8 Å². The molecule has 0 amide bonds. The van der Waals surface area contributed by atoms with Gasteiger partial charge in [0.15, 0.2) is 17.2 Å². The lowest BCUT2D eigenvalue weighted by Gasteiger charge is -2.12. The Kier molecular flexibility index (Phi) is 5.73. The molecule has 0 atom stereocenters. The number of hydrogen-bond donors (Lipinski definition) is 0. The predicted octanol–water partition coefficient (Wildman–Crippen LogP) is 5.16. The zero-order valence-corrected chi connectivity index (χ0v) is 17.6. The van der Waals surface area contributed by atoms with Crippen LogP contribution in [0.5, 0.6) is 11.5 Å². The summed E-state index contributed by atoms with van der Waals surface area (Å²) >= 11 is 6.29. The Bertz CT molecular complexity index is 1260. The summed E-state index contributed by atoms with van der Waals surface area (Å²) in [6.45, 7) is 3.42. The standard InChI is InChI=1S/C24H18ClNO5/c1-3-29-21-13-15(11-19(25)22(21)30-14(2)27)12-20-24(28)31-23(26-20)18-10-6-8-16-7-4-5-9-17(16)18/h4-13H,3H2,1-2H3/b20-12-. The maximum absolute atomic E-state index is 12.5. The molecule has 31 heavy (non-hydrogen) atoms. The zero-order valence-electron chi connectivity index (χ0n) is 16.8. The summed E-state index contributed by atoms with van der Waals surface area (Å²) in [5.41, 5.74) is 1.41. The van der Waals surface area contributed by atoms with E-state index in [0.29, 0.717) is 17.9 Å². The van der Waals surface area contributed by atoms with Crippen LogP contribution in [0.4, 0.5) is 0 Å². The van der Waals surface area contributed by atoms with Gasteiger partial charge in [-0.15, -0.1) is 0 Å². The van der Waals surface area contributed by atoms with E-state index in [-0.39, 0.29) is 22.4 Å². The van der Waals surface area contributed by atoms with Crippen molar-refractivity contribution in [1.29, 1.82) is 0 Å². The SMILES string of the molecule is CCOc1cc(/C=C2\N=C(c3cccc4ccccc34)OC2=O)cc(Cl)c1OC(C)=O. The normalized spacial score (nSPS) is 14.5. The first kappa shape index (κ1) is 20.6. The number of ether oxygens (including phenoxy) is 3. The molecule has 1 aliphatic rings. The van der Waals surface area contributed by atoms with Crippen molar-refractivity contribution in [1.82, 2.24) is 0 Å². The molecule has 6 nitrogen and oxygen atoms in total. The number of benzene rings is 3. The van der Waals surface area contributed by atoms with E-state index < -0.39 is 11.9 Å². The number of fused-ring (bicyclic) bond motifs is 1. The van der Waals surface area contributed by atoms with Crippen molar-refractivity contribution in [3.8, 4) is 11.5 Å². The van der Waals surface area contributed by atoms with Crippen LogP contribution in [0.15, 0.2) is 65.3 Å². The van der Waals surface area contributed by atoms with Crippen LogP contribution in [0.2, 0.25) is 5.02 Å². The van der Waals surface area contributed by atoms with Gasteiger partial charge in [0.1, 0.15) is 0 Å². The molecule has 1 aliphatic heterocycles. The fourth-order valence-electron chi connectivity index (χ4n) is 3.27. The van der Waals surface area contributed by atoms with Gasteiger partial charge < -0.3 is 14.2 Å². The third kappa shape index (κ3) is 4.29. The van der Waals surface area contributed by atoms with Gasteiger partial charge >= 0.3 is 11.9 Å². The van der Waals surface area contributed by atoms with Crippen LogP contribution >= 0.6 is 11.6 Å². The molecule has 1 heterocycles.